The average molecular weight is 226 g/mol. The van der Waals surface area contributed by atoms with Gasteiger partial charge in [0.05, 0.1) is 4.90 Å². The van der Waals surface area contributed by atoms with Gasteiger partial charge in [-0.25, -0.2) is 4.21 Å². The average Bonchev–Trinajstić information content (AvgIpc) is 2.18. The molecule has 1 N–H and O–H groups in total. The van der Waals surface area contributed by atoms with E-state index in [-0.39, 0.29) is 0 Å². The molecule has 84 valence electrons. The summed E-state index contributed by atoms with van der Waals surface area (Å²) in [5, 5.41) is 0. The highest BCUT2D eigenvalue weighted by molar-refractivity contribution is 7.79. The third-order valence-electron chi connectivity index (χ3n) is 2.37. The molecule has 0 aromatic heterocycles. The molecule has 0 bridgehead atoms. The third-order valence-corrected chi connectivity index (χ3v) is 3.05. The van der Waals surface area contributed by atoms with E-state index in [0.717, 1.165) is 12.3 Å². The highest BCUT2D eigenvalue weighted by atomic mass is 32.2. The van der Waals surface area contributed by atoms with Crippen LogP contribution in [-0.2, 0) is 17.5 Å². The SMILES string of the molecule is CC(C)CCCc1ccc(S(=O)O)cc1. The molecule has 1 aromatic carbocycles. The summed E-state index contributed by atoms with van der Waals surface area (Å²) in [5.74, 6) is 0.745. The predicted molar refractivity (Wildman–Crippen MR) is 63.3 cm³/mol. The maximum Gasteiger partial charge on any atom is 0.186 e. The lowest BCUT2D eigenvalue weighted by Gasteiger charge is -2.04. The Bertz CT molecular complexity index is 317. The topological polar surface area (TPSA) is 37.3 Å². The summed E-state index contributed by atoms with van der Waals surface area (Å²) in [5.41, 5.74) is 1.24. The van der Waals surface area contributed by atoms with Crippen LogP contribution in [0.5, 0.6) is 0 Å². The smallest absolute Gasteiger partial charge is 0.186 e. The summed E-state index contributed by atoms with van der Waals surface area (Å²) < 4.78 is 19.6. The molecule has 3 heteroatoms. The zero-order chi connectivity index (χ0) is 11.3. The van der Waals surface area contributed by atoms with Gasteiger partial charge in [0, 0.05) is 0 Å². The molecule has 0 aliphatic rings. The first kappa shape index (κ1) is 12.4. The Balaban J connectivity index is 2.46. The molecule has 15 heavy (non-hydrogen) atoms. The van der Waals surface area contributed by atoms with Crippen molar-refractivity contribution >= 4 is 11.1 Å². The van der Waals surface area contributed by atoms with Crippen molar-refractivity contribution in [1.29, 1.82) is 0 Å². The maximum atomic E-state index is 10.7. The molecular formula is C12H18O2S. The zero-order valence-corrected chi connectivity index (χ0v) is 10.1. The van der Waals surface area contributed by atoms with Crippen molar-refractivity contribution in [2.45, 2.75) is 38.0 Å². The van der Waals surface area contributed by atoms with Gasteiger partial charge < -0.3 is 4.55 Å². The van der Waals surface area contributed by atoms with E-state index in [2.05, 4.69) is 13.8 Å². The van der Waals surface area contributed by atoms with Gasteiger partial charge in [0.15, 0.2) is 11.1 Å². The van der Waals surface area contributed by atoms with Crippen molar-refractivity contribution in [3.63, 3.8) is 0 Å². The van der Waals surface area contributed by atoms with Gasteiger partial charge in [0.1, 0.15) is 0 Å². The Morgan fingerprint density at radius 3 is 2.33 bits per heavy atom. The van der Waals surface area contributed by atoms with E-state index in [4.69, 9.17) is 4.55 Å². The lowest BCUT2D eigenvalue weighted by Crippen LogP contribution is -1.92. The summed E-state index contributed by atoms with van der Waals surface area (Å²) in [6, 6.07) is 7.31. The predicted octanol–water partition coefficient (Wildman–Crippen LogP) is 3.25. The van der Waals surface area contributed by atoms with Gasteiger partial charge in [-0.2, -0.15) is 0 Å². The molecule has 0 saturated heterocycles. The quantitative estimate of drug-likeness (QED) is 0.782. The molecule has 0 saturated carbocycles. The maximum absolute atomic E-state index is 10.7. The number of rotatable bonds is 5. The lowest BCUT2D eigenvalue weighted by molar-refractivity contribution is 0.555. The first-order valence-electron chi connectivity index (χ1n) is 5.29. The minimum atomic E-state index is -1.85. The van der Waals surface area contributed by atoms with E-state index >= 15 is 0 Å². The van der Waals surface area contributed by atoms with Crippen molar-refractivity contribution < 1.29 is 8.76 Å². The summed E-state index contributed by atoms with van der Waals surface area (Å²) in [7, 11) is 0. The molecular weight excluding hydrogens is 208 g/mol. The highest BCUT2D eigenvalue weighted by Gasteiger charge is 2.00. The summed E-state index contributed by atoms with van der Waals surface area (Å²) in [6.45, 7) is 4.44. The first-order valence-corrected chi connectivity index (χ1v) is 6.40. The fraction of sp³-hybridized carbons (Fsp3) is 0.500. The molecule has 0 aliphatic carbocycles. The molecule has 0 amide bonds. The molecule has 1 aromatic rings. The molecule has 0 radical (unpaired) electrons. The van der Waals surface area contributed by atoms with Gasteiger partial charge >= 0.3 is 0 Å². The van der Waals surface area contributed by atoms with Crippen LogP contribution in [0.15, 0.2) is 29.2 Å². The van der Waals surface area contributed by atoms with Crippen molar-refractivity contribution in [2.24, 2.45) is 5.92 Å². The monoisotopic (exact) mass is 226 g/mol. The summed E-state index contributed by atoms with van der Waals surface area (Å²) in [6.07, 6.45) is 3.46. The van der Waals surface area contributed by atoms with Crippen molar-refractivity contribution in [3.05, 3.63) is 29.8 Å². The molecule has 1 unspecified atom stereocenters. The van der Waals surface area contributed by atoms with Crippen LogP contribution in [0.3, 0.4) is 0 Å². The Hall–Kier alpha value is -0.670. The van der Waals surface area contributed by atoms with Crippen LogP contribution in [-0.4, -0.2) is 8.76 Å². The van der Waals surface area contributed by atoms with Gasteiger partial charge in [-0.3, -0.25) is 0 Å². The third kappa shape index (κ3) is 4.58. The molecule has 2 nitrogen and oxygen atoms in total. The Kier molecular flexibility index (Phi) is 4.99. The van der Waals surface area contributed by atoms with Crippen LogP contribution in [0.1, 0.15) is 32.3 Å². The molecule has 0 heterocycles. The van der Waals surface area contributed by atoms with E-state index in [1.165, 1.54) is 18.4 Å². The second kappa shape index (κ2) is 6.03. The molecule has 0 fully saturated rings. The second-order valence-electron chi connectivity index (χ2n) is 4.18. The van der Waals surface area contributed by atoms with Crippen molar-refractivity contribution in [1.82, 2.24) is 0 Å². The van der Waals surface area contributed by atoms with Crippen LogP contribution in [0.2, 0.25) is 0 Å². The normalized spacial score (nSPS) is 13.1. The van der Waals surface area contributed by atoms with Gasteiger partial charge in [0.25, 0.3) is 0 Å². The van der Waals surface area contributed by atoms with E-state index in [9.17, 15) is 4.21 Å². The van der Waals surface area contributed by atoms with E-state index in [0.29, 0.717) is 4.90 Å². The molecule has 0 spiro atoms. The number of hydrogen-bond acceptors (Lipinski definition) is 1. The van der Waals surface area contributed by atoms with Crippen molar-refractivity contribution in [3.8, 4) is 0 Å². The van der Waals surface area contributed by atoms with Crippen LogP contribution < -0.4 is 0 Å². The summed E-state index contributed by atoms with van der Waals surface area (Å²) >= 11 is -1.85. The van der Waals surface area contributed by atoms with Crippen LogP contribution in [0.25, 0.3) is 0 Å². The fourth-order valence-corrected chi connectivity index (χ4v) is 1.86. The summed E-state index contributed by atoms with van der Waals surface area (Å²) in [4.78, 5) is 0.475. The van der Waals surface area contributed by atoms with E-state index < -0.39 is 11.1 Å². The van der Waals surface area contributed by atoms with Gasteiger partial charge in [-0.1, -0.05) is 32.4 Å². The minimum Gasteiger partial charge on any atom is -0.302 e. The number of aryl methyl sites for hydroxylation is 1. The standard InChI is InChI=1S/C12H18O2S/c1-10(2)4-3-5-11-6-8-12(9-7-11)15(13)14/h6-10H,3-5H2,1-2H3,(H,13,14). The Morgan fingerprint density at radius 1 is 1.27 bits per heavy atom. The Labute approximate surface area is 94.0 Å². The number of hydrogen-bond donors (Lipinski definition) is 1. The largest absolute Gasteiger partial charge is 0.302 e. The Morgan fingerprint density at radius 2 is 1.87 bits per heavy atom. The number of benzene rings is 1. The van der Waals surface area contributed by atoms with Gasteiger partial charge in [-0.05, 0) is 36.5 Å². The van der Waals surface area contributed by atoms with Crippen LogP contribution >= 0.6 is 0 Å². The second-order valence-corrected chi connectivity index (χ2v) is 5.15. The lowest BCUT2D eigenvalue weighted by atomic mass is 10.0. The first-order chi connectivity index (χ1) is 7.09. The van der Waals surface area contributed by atoms with E-state index in [1.807, 2.05) is 12.1 Å². The minimum absolute atomic E-state index is 0.475. The molecule has 1 rings (SSSR count). The van der Waals surface area contributed by atoms with E-state index in [1.54, 1.807) is 12.1 Å². The van der Waals surface area contributed by atoms with Gasteiger partial charge in [-0.15, -0.1) is 0 Å². The zero-order valence-electron chi connectivity index (χ0n) is 9.27. The van der Waals surface area contributed by atoms with Gasteiger partial charge in [0.2, 0.25) is 0 Å². The van der Waals surface area contributed by atoms with Crippen molar-refractivity contribution in [2.75, 3.05) is 0 Å². The molecule has 0 aliphatic heterocycles. The van der Waals surface area contributed by atoms with Crippen LogP contribution in [0.4, 0.5) is 0 Å². The fourth-order valence-electron chi connectivity index (χ4n) is 1.49. The highest BCUT2D eigenvalue weighted by Crippen LogP contribution is 2.12. The molecule has 1 atom stereocenters. The van der Waals surface area contributed by atoms with Crippen LogP contribution in [0, 0.1) is 5.92 Å².